The summed E-state index contributed by atoms with van der Waals surface area (Å²) >= 11 is 0. The van der Waals surface area contributed by atoms with Crippen molar-refractivity contribution in [1.82, 2.24) is 19.9 Å². The highest BCUT2D eigenvalue weighted by Crippen LogP contribution is 2.24. The summed E-state index contributed by atoms with van der Waals surface area (Å²) in [5.41, 5.74) is 5.04. The second kappa shape index (κ2) is 7.77. The Morgan fingerprint density at radius 3 is 2.68 bits per heavy atom. The van der Waals surface area contributed by atoms with Gasteiger partial charge in [-0.25, -0.2) is 9.97 Å². The largest absolute Gasteiger partial charge is 0.467 e. The molecule has 1 unspecified atom stereocenters. The van der Waals surface area contributed by atoms with Gasteiger partial charge < -0.3 is 24.9 Å². The average molecular weight is 378 g/mol. The van der Waals surface area contributed by atoms with Crippen molar-refractivity contribution in [3.63, 3.8) is 0 Å². The number of rotatable bonds is 5. The standard InChI is InChI=1S/C20H22N6O2/c1-13(27)25-16-5-3-15(4-6-16)19-18-17(23-12-24-18)7-8-26(19)11-14-9-21-20(28-2)22-10-14/h3-6,9-10,12,19H,7-8,11H2,1-2H3,(H2,23,24,25,27)/t19-/m0/s1. The van der Waals surface area contributed by atoms with Gasteiger partial charge in [-0.05, 0) is 17.8 Å². The lowest BCUT2D eigenvalue weighted by atomic mass is 9.95. The maximum absolute atomic E-state index is 11.3. The van der Waals surface area contributed by atoms with Gasteiger partial charge in [0.05, 0.1) is 13.7 Å². The molecule has 0 radical (unpaired) electrons. The number of amides is 1. The Balaban J connectivity index is 1.62. The van der Waals surface area contributed by atoms with Crippen LogP contribution in [0.25, 0.3) is 0 Å². The summed E-state index contributed by atoms with van der Waals surface area (Å²) in [5.74, 6) is -0.0821. The molecule has 2 aromatic heterocycles. The van der Waals surface area contributed by atoms with Gasteiger partial charge in [-0.15, -0.1) is 0 Å². The number of aromatic nitrogens is 4. The molecular weight excluding hydrogens is 356 g/mol. The number of carbonyl (C=O) groups is 1. The number of ether oxygens (including phenoxy) is 1. The minimum atomic E-state index is -0.0821. The predicted octanol–water partition coefficient (Wildman–Crippen LogP) is 0.526. The molecule has 0 saturated carbocycles. The first kappa shape index (κ1) is 18.1. The van der Waals surface area contributed by atoms with Crippen molar-refractivity contribution in [2.24, 2.45) is 0 Å². The number of imidazole rings is 1. The van der Waals surface area contributed by atoms with E-state index in [1.165, 1.54) is 11.8 Å². The number of hydrogen-bond acceptors (Lipinski definition) is 5. The zero-order valence-electron chi connectivity index (χ0n) is 15.8. The van der Waals surface area contributed by atoms with Crippen LogP contribution in [0.4, 0.5) is 5.69 Å². The van der Waals surface area contributed by atoms with E-state index >= 15 is 0 Å². The van der Waals surface area contributed by atoms with Crippen molar-refractivity contribution in [3.8, 4) is 6.01 Å². The number of nitrogens with one attached hydrogen (secondary N) is 2. The van der Waals surface area contributed by atoms with Gasteiger partial charge in [-0.2, -0.15) is 0 Å². The Bertz CT molecular complexity index is 952. The zero-order valence-corrected chi connectivity index (χ0v) is 15.8. The van der Waals surface area contributed by atoms with Gasteiger partial charge in [0.2, 0.25) is 5.91 Å². The van der Waals surface area contributed by atoms with Gasteiger partial charge in [-0.1, -0.05) is 24.2 Å². The minimum absolute atomic E-state index is 0.0692. The van der Waals surface area contributed by atoms with Crippen molar-refractivity contribution in [1.29, 1.82) is 0 Å². The van der Waals surface area contributed by atoms with Gasteiger partial charge in [0.25, 0.3) is 0 Å². The van der Waals surface area contributed by atoms with E-state index in [4.69, 9.17) is 4.74 Å². The molecule has 28 heavy (non-hydrogen) atoms. The fraction of sp³-hybridized carbons (Fsp3) is 0.300. The summed E-state index contributed by atoms with van der Waals surface area (Å²) in [5, 5.41) is 2.81. The third kappa shape index (κ3) is 3.72. The Hall–Kier alpha value is -3.26. The number of fused-ring (bicyclic) bond motifs is 1. The Morgan fingerprint density at radius 2 is 2.00 bits per heavy atom. The van der Waals surface area contributed by atoms with Crippen molar-refractivity contribution in [2.45, 2.75) is 25.9 Å². The molecule has 4 rings (SSSR count). The van der Waals surface area contributed by atoms with Crippen molar-refractivity contribution < 1.29 is 14.4 Å². The first-order valence-electron chi connectivity index (χ1n) is 9.17. The summed E-state index contributed by atoms with van der Waals surface area (Å²) in [6.45, 7) is 3.22. The molecule has 144 valence electrons. The SMILES string of the molecule is COc1ncc(C[NH+]2CCc3nc[n-]c3[C@@H]2c2ccc(NC(C)=O)cc2)cn1. The monoisotopic (exact) mass is 378 g/mol. The Kier molecular flexibility index (Phi) is 5.03. The van der Waals surface area contributed by atoms with Crippen LogP contribution in [-0.2, 0) is 17.8 Å². The molecule has 0 spiro atoms. The summed E-state index contributed by atoms with van der Waals surface area (Å²) in [6, 6.07) is 8.38. The first-order valence-corrected chi connectivity index (χ1v) is 9.17. The molecule has 1 aliphatic rings. The van der Waals surface area contributed by atoms with Gasteiger partial charge >= 0.3 is 6.01 Å². The van der Waals surface area contributed by atoms with Crippen molar-refractivity contribution in [3.05, 3.63) is 65.5 Å². The van der Waals surface area contributed by atoms with Crippen LogP contribution in [0.2, 0.25) is 0 Å². The number of nitrogens with zero attached hydrogens (tertiary/aromatic N) is 4. The van der Waals surface area contributed by atoms with E-state index < -0.39 is 0 Å². The van der Waals surface area contributed by atoms with Crippen LogP contribution in [0.1, 0.15) is 35.5 Å². The molecule has 0 fully saturated rings. The summed E-state index contributed by atoms with van der Waals surface area (Å²) < 4.78 is 5.05. The van der Waals surface area contributed by atoms with Crippen LogP contribution in [-0.4, -0.2) is 34.5 Å². The van der Waals surface area contributed by atoms with E-state index in [1.807, 2.05) is 36.7 Å². The van der Waals surface area contributed by atoms with E-state index in [9.17, 15) is 4.79 Å². The molecule has 8 heteroatoms. The second-order valence-electron chi connectivity index (χ2n) is 6.85. The highest BCUT2D eigenvalue weighted by atomic mass is 16.5. The van der Waals surface area contributed by atoms with Crippen LogP contribution < -0.4 is 19.9 Å². The zero-order chi connectivity index (χ0) is 19.5. The molecule has 0 bridgehead atoms. The molecule has 2 atom stereocenters. The smallest absolute Gasteiger partial charge is 0.316 e. The van der Waals surface area contributed by atoms with Gasteiger partial charge in [0.15, 0.2) is 0 Å². The third-order valence-corrected chi connectivity index (χ3v) is 4.93. The number of carbonyl (C=O) groups excluding carboxylic acids is 1. The summed E-state index contributed by atoms with van der Waals surface area (Å²) in [6.07, 6.45) is 6.15. The van der Waals surface area contributed by atoms with Gasteiger partial charge in [0, 0.05) is 42.6 Å². The Morgan fingerprint density at radius 1 is 1.25 bits per heavy atom. The molecule has 3 aromatic rings. The topological polar surface area (TPSA) is 95.5 Å². The van der Waals surface area contributed by atoms with E-state index in [0.717, 1.165) is 47.7 Å². The molecule has 0 saturated heterocycles. The van der Waals surface area contributed by atoms with Crippen molar-refractivity contribution >= 4 is 11.6 Å². The highest BCUT2D eigenvalue weighted by molar-refractivity contribution is 5.88. The predicted molar refractivity (Wildman–Crippen MR) is 102 cm³/mol. The maximum Gasteiger partial charge on any atom is 0.316 e. The van der Waals surface area contributed by atoms with E-state index in [0.29, 0.717) is 6.01 Å². The lowest BCUT2D eigenvalue weighted by Gasteiger charge is -2.35. The van der Waals surface area contributed by atoms with Crippen LogP contribution in [0, 0.1) is 0 Å². The molecule has 2 N–H and O–H groups in total. The Labute approximate surface area is 163 Å². The number of hydrogen-bond donors (Lipinski definition) is 2. The summed E-state index contributed by atoms with van der Waals surface area (Å²) in [4.78, 5) is 30.1. The lowest BCUT2D eigenvalue weighted by molar-refractivity contribution is -0.941. The van der Waals surface area contributed by atoms with Crippen LogP contribution >= 0.6 is 0 Å². The molecule has 1 aromatic carbocycles. The molecule has 0 aliphatic carbocycles. The fourth-order valence-electron chi connectivity index (χ4n) is 3.70. The van der Waals surface area contributed by atoms with Gasteiger partial charge in [0.1, 0.15) is 12.6 Å². The van der Waals surface area contributed by atoms with E-state index in [1.54, 1.807) is 13.4 Å². The molecule has 1 amide bonds. The van der Waals surface area contributed by atoms with Crippen molar-refractivity contribution in [2.75, 3.05) is 19.0 Å². The highest BCUT2D eigenvalue weighted by Gasteiger charge is 2.31. The second-order valence-corrected chi connectivity index (χ2v) is 6.85. The molecule has 3 heterocycles. The quantitative estimate of drug-likeness (QED) is 0.672. The number of benzene rings is 1. The van der Waals surface area contributed by atoms with Crippen LogP contribution in [0.15, 0.2) is 43.0 Å². The third-order valence-electron chi connectivity index (χ3n) is 4.93. The van der Waals surface area contributed by atoms with E-state index in [2.05, 4.69) is 25.3 Å². The van der Waals surface area contributed by atoms with E-state index in [-0.39, 0.29) is 11.9 Å². The normalized spacial score (nSPS) is 18.4. The van der Waals surface area contributed by atoms with Crippen LogP contribution in [0.3, 0.4) is 0 Å². The summed E-state index contributed by atoms with van der Waals surface area (Å²) in [7, 11) is 1.56. The first-order chi connectivity index (χ1) is 13.6. The molecule has 1 aliphatic heterocycles. The number of quaternary nitrogens is 1. The maximum atomic E-state index is 11.3. The molecule has 8 nitrogen and oxygen atoms in total. The fourth-order valence-corrected chi connectivity index (χ4v) is 3.70. The number of anilines is 1. The minimum Gasteiger partial charge on any atom is -0.467 e. The van der Waals surface area contributed by atoms with Gasteiger partial charge in [-0.3, -0.25) is 4.79 Å². The van der Waals surface area contributed by atoms with Crippen LogP contribution in [0.5, 0.6) is 6.01 Å². The average Bonchev–Trinajstić information content (AvgIpc) is 3.17. The number of methoxy groups -OCH3 is 1. The lowest BCUT2D eigenvalue weighted by Crippen LogP contribution is -3.12. The molecular formula is C20H22N6O2.